The van der Waals surface area contributed by atoms with Crippen LogP contribution in [0.5, 0.6) is 0 Å². The van der Waals surface area contributed by atoms with Gasteiger partial charge in [0, 0.05) is 56.9 Å². The van der Waals surface area contributed by atoms with Crippen molar-refractivity contribution in [1.29, 1.82) is 0 Å². The maximum absolute atomic E-state index is 12.9. The third-order valence-corrected chi connectivity index (χ3v) is 6.57. The van der Waals surface area contributed by atoms with E-state index in [1.54, 1.807) is 6.33 Å². The minimum Gasteiger partial charge on any atom is -0.369 e. The number of benzene rings is 1. The van der Waals surface area contributed by atoms with Crippen LogP contribution in [0, 0.1) is 6.92 Å². The van der Waals surface area contributed by atoms with Crippen LogP contribution in [0.2, 0.25) is 0 Å². The van der Waals surface area contributed by atoms with Gasteiger partial charge in [-0.2, -0.15) is 0 Å². The van der Waals surface area contributed by atoms with Crippen molar-refractivity contribution in [3.8, 4) is 0 Å². The molecule has 1 saturated heterocycles. The Morgan fingerprint density at radius 2 is 1.90 bits per heavy atom. The topological polar surface area (TPSA) is 67.4 Å². The third kappa shape index (κ3) is 3.86. The predicted molar refractivity (Wildman–Crippen MR) is 117 cm³/mol. The van der Waals surface area contributed by atoms with Crippen molar-refractivity contribution >= 4 is 16.6 Å². The van der Waals surface area contributed by atoms with Gasteiger partial charge in [0.15, 0.2) is 0 Å². The molecule has 30 heavy (non-hydrogen) atoms. The van der Waals surface area contributed by atoms with Crippen molar-refractivity contribution in [3.63, 3.8) is 0 Å². The monoisotopic (exact) mass is 407 g/mol. The van der Waals surface area contributed by atoms with Crippen LogP contribution >= 0.6 is 0 Å². The lowest BCUT2D eigenvalue weighted by atomic mass is 10.1. The summed E-state index contributed by atoms with van der Waals surface area (Å²) in [4.78, 5) is 22.4. The number of fused-ring (bicyclic) bond motifs is 1. The first-order valence-corrected chi connectivity index (χ1v) is 11.1. The zero-order chi connectivity index (χ0) is 20.5. The summed E-state index contributed by atoms with van der Waals surface area (Å²) < 4.78 is 7.17. The first kappa shape index (κ1) is 19.3. The summed E-state index contributed by atoms with van der Waals surface area (Å²) in [5, 5.41) is 4.69. The smallest absolute Gasteiger partial charge is 0.261 e. The summed E-state index contributed by atoms with van der Waals surface area (Å²) in [5.74, 6) is 0.957. The average Bonchev–Trinajstić information content (AvgIpc) is 3.45. The van der Waals surface area contributed by atoms with Crippen LogP contribution in [0.1, 0.15) is 43.2 Å². The van der Waals surface area contributed by atoms with E-state index in [0.29, 0.717) is 6.04 Å². The summed E-state index contributed by atoms with van der Waals surface area (Å²) in [6.07, 6.45) is 7.24. The summed E-state index contributed by atoms with van der Waals surface area (Å²) in [7, 11) is 0. The molecular weight excluding hydrogens is 378 g/mol. The number of hydrogen-bond donors (Lipinski definition) is 0. The lowest BCUT2D eigenvalue weighted by Gasteiger charge is -2.36. The molecule has 1 aromatic carbocycles. The normalized spacial score (nSPS) is 18.5. The van der Waals surface area contributed by atoms with E-state index >= 15 is 0 Å². The second-order valence-corrected chi connectivity index (χ2v) is 8.61. The van der Waals surface area contributed by atoms with Gasteiger partial charge in [-0.3, -0.25) is 14.3 Å². The van der Waals surface area contributed by atoms with Crippen LogP contribution in [-0.2, 0) is 6.42 Å². The average molecular weight is 408 g/mol. The second-order valence-electron chi connectivity index (χ2n) is 8.61. The van der Waals surface area contributed by atoms with Crippen LogP contribution in [0.4, 0.5) is 5.69 Å². The fourth-order valence-corrected chi connectivity index (χ4v) is 4.79. The molecule has 2 aromatic heterocycles. The predicted octanol–water partition coefficient (Wildman–Crippen LogP) is 3.17. The Morgan fingerprint density at radius 3 is 2.63 bits per heavy atom. The molecule has 0 amide bonds. The highest BCUT2D eigenvalue weighted by atomic mass is 16.5. The molecule has 1 aliphatic heterocycles. The van der Waals surface area contributed by atoms with Crippen molar-refractivity contribution in [2.45, 2.75) is 45.1 Å². The van der Waals surface area contributed by atoms with Gasteiger partial charge in [-0.25, -0.2) is 4.98 Å². The lowest BCUT2D eigenvalue weighted by Crippen LogP contribution is -2.47. The summed E-state index contributed by atoms with van der Waals surface area (Å²) in [5.41, 5.74) is 2.99. The molecule has 158 valence electrons. The minimum atomic E-state index is 0.103. The molecule has 2 aliphatic rings. The van der Waals surface area contributed by atoms with Crippen LogP contribution < -0.4 is 10.5 Å². The van der Waals surface area contributed by atoms with E-state index in [1.807, 2.05) is 23.6 Å². The quantitative estimate of drug-likeness (QED) is 0.647. The molecule has 5 rings (SSSR count). The standard InChI is InChI=1S/C23H29N5O2/c1-17-14-20(30-25-17)8-9-26-10-12-27(13-11-26)19-6-7-21-22(15-19)24-16-28(23(21)29)18-4-2-3-5-18/h6-7,14-16,18H,2-5,8-13H2,1H3. The molecule has 1 aliphatic carbocycles. The number of rotatable bonds is 5. The molecule has 0 unspecified atom stereocenters. The summed E-state index contributed by atoms with van der Waals surface area (Å²) >= 11 is 0. The summed E-state index contributed by atoms with van der Waals surface area (Å²) in [6, 6.07) is 8.45. The van der Waals surface area contributed by atoms with E-state index in [-0.39, 0.29) is 5.56 Å². The fraction of sp³-hybridized carbons (Fsp3) is 0.522. The number of aromatic nitrogens is 3. The molecule has 3 aromatic rings. The maximum Gasteiger partial charge on any atom is 0.261 e. The Kier molecular flexibility index (Phi) is 5.29. The van der Waals surface area contributed by atoms with Gasteiger partial charge < -0.3 is 9.42 Å². The maximum atomic E-state index is 12.9. The number of hydrogen-bond acceptors (Lipinski definition) is 6. The van der Waals surface area contributed by atoms with Gasteiger partial charge in [0.25, 0.3) is 5.56 Å². The Bertz CT molecular complexity index is 1070. The Hall–Kier alpha value is -2.67. The minimum absolute atomic E-state index is 0.103. The molecule has 7 heteroatoms. The van der Waals surface area contributed by atoms with Gasteiger partial charge in [-0.15, -0.1) is 0 Å². The lowest BCUT2D eigenvalue weighted by molar-refractivity contribution is 0.250. The summed E-state index contributed by atoms with van der Waals surface area (Å²) in [6.45, 7) is 6.92. The second kappa shape index (κ2) is 8.22. The van der Waals surface area contributed by atoms with Crippen LogP contribution in [0.25, 0.3) is 10.9 Å². The molecule has 3 heterocycles. The van der Waals surface area contributed by atoms with Crippen molar-refractivity contribution in [1.82, 2.24) is 19.6 Å². The molecular formula is C23H29N5O2. The largest absolute Gasteiger partial charge is 0.369 e. The molecule has 2 fully saturated rings. The number of aryl methyl sites for hydroxylation is 1. The Labute approximate surface area is 176 Å². The molecule has 0 atom stereocenters. The van der Waals surface area contributed by atoms with Gasteiger partial charge in [-0.1, -0.05) is 18.0 Å². The van der Waals surface area contributed by atoms with Gasteiger partial charge in [0.05, 0.1) is 22.9 Å². The number of anilines is 1. The van der Waals surface area contributed by atoms with Crippen molar-refractivity contribution < 1.29 is 4.52 Å². The molecule has 7 nitrogen and oxygen atoms in total. The highest BCUT2D eigenvalue weighted by Crippen LogP contribution is 2.28. The molecule has 0 spiro atoms. The zero-order valence-electron chi connectivity index (χ0n) is 17.6. The Morgan fingerprint density at radius 1 is 1.10 bits per heavy atom. The van der Waals surface area contributed by atoms with E-state index in [2.05, 4.69) is 32.1 Å². The van der Waals surface area contributed by atoms with Crippen LogP contribution in [-0.4, -0.2) is 52.3 Å². The van der Waals surface area contributed by atoms with Gasteiger partial charge in [0.1, 0.15) is 5.76 Å². The van der Waals surface area contributed by atoms with Crippen LogP contribution in [0.15, 0.2) is 39.9 Å². The number of nitrogens with zero attached hydrogens (tertiary/aromatic N) is 5. The van der Waals surface area contributed by atoms with Crippen molar-refractivity contribution in [2.24, 2.45) is 0 Å². The first-order valence-electron chi connectivity index (χ1n) is 11.1. The highest BCUT2D eigenvalue weighted by molar-refractivity contribution is 5.81. The molecule has 0 bridgehead atoms. The Balaban J connectivity index is 1.24. The van der Waals surface area contributed by atoms with Gasteiger partial charge >= 0.3 is 0 Å². The first-order chi connectivity index (χ1) is 14.7. The van der Waals surface area contributed by atoms with Gasteiger partial charge in [0.2, 0.25) is 0 Å². The SMILES string of the molecule is Cc1cc(CCN2CCN(c3ccc4c(=O)n(C5CCCC5)cnc4c3)CC2)on1. The van der Waals surface area contributed by atoms with E-state index < -0.39 is 0 Å². The van der Waals surface area contributed by atoms with E-state index in [0.717, 1.165) is 80.0 Å². The van der Waals surface area contributed by atoms with E-state index in [4.69, 9.17) is 4.52 Å². The van der Waals surface area contributed by atoms with E-state index in [9.17, 15) is 4.79 Å². The third-order valence-electron chi connectivity index (χ3n) is 6.57. The molecule has 0 radical (unpaired) electrons. The molecule has 0 N–H and O–H groups in total. The fourth-order valence-electron chi connectivity index (χ4n) is 4.79. The van der Waals surface area contributed by atoms with Crippen LogP contribution in [0.3, 0.4) is 0 Å². The molecule has 1 saturated carbocycles. The van der Waals surface area contributed by atoms with E-state index in [1.165, 1.54) is 12.8 Å². The zero-order valence-corrected chi connectivity index (χ0v) is 17.6. The highest BCUT2D eigenvalue weighted by Gasteiger charge is 2.21. The van der Waals surface area contributed by atoms with Crippen molar-refractivity contribution in [2.75, 3.05) is 37.6 Å². The van der Waals surface area contributed by atoms with Crippen molar-refractivity contribution in [3.05, 3.63) is 52.4 Å². The number of piperazine rings is 1. The van der Waals surface area contributed by atoms with Gasteiger partial charge in [-0.05, 0) is 38.0 Å².